The van der Waals surface area contributed by atoms with E-state index in [2.05, 4.69) is 0 Å². The number of carbonyl (C=O) groups excluding carboxylic acids is 1. The Hall–Kier alpha value is -1.16. The number of rotatable bonds is 2. The summed E-state index contributed by atoms with van der Waals surface area (Å²) >= 11 is 1.91. The van der Waals surface area contributed by atoms with Gasteiger partial charge in [-0.25, -0.2) is 0 Å². The lowest BCUT2D eigenvalue weighted by Gasteiger charge is -2.24. The lowest BCUT2D eigenvalue weighted by Crippen LogP contribution is -2.37. The number of anilines is 1. The van der Waals surface area contributed by atoms with Crippen LogP contribution in [0, 0.1) is 6.92 Å². The number of carbonyl (C=O) groups is 1. The quantitative estimate of drug-likeness (QED) is 0.818. The Labute approximate surface area is 106 Å². The molecular formula is C13H18N2OS. The highest BCUT2D eigenvalue weighted by Crippen LogP contribution is 2.24. The van der Waals surface area contributed by atoms with Gasteiger partial charge in [0.05, 0.1) is 5.56 Å². The Morgan fingerprint density at radius 3 is 2.94 bits per heavy atom. The topological polar surface area (TPSA) is 46.3 Å². The van der Waals surface area contributed by atoms with Crippen LogP contribution in [0.25, 0.3) is 0 Å². The molecule has 1 amide bonds. The first-order valence-corrected chi connectivity index (χ1v) is 6.96. The van der Waals surface area contributed by atoms with Gasteiger partial charge in [0, 0.05) is 24.5 Å². The second kappa shape index (κ2) is 5.00. The number of nitrogens with two attached hydrogens (primary N) is 1. The number of aryl methyl sites for hydroxylation is 1. The molecule has 2 N–H and O–H groups in total. The van der Waals surface area contributed by atoms with Crippen molar-refractivity contribution in [2.75, 3.05) is 24.3 Å². The molecule has 1 saturated heterocycles. The molecule has 1 atom stereocenters. The van der Waals surface area contributed by atoms with Gasteiger partial charge >= 0.3 is 0 Å². The number of amides is 1. The molecule has 0 bridgehead atoms. The van der Waals surface area contributed by atoms with Crippen LogP contribution in [0.3, 0.4) is 0 Å². The summed E-state index contributed by atoms with van der Waals surface area (Å²) in [7, 11) is 1.88. The fourth-order valence-electron chi connectivity index (χ4n) is 2.05. The smallest absolute Gasteiger partial charge is 0.255 e. The van der Waals surface area contributed by atoms with Crippen molar-refractivity contribution < 1.29 is 4.79 Å². The van der Waals surface area contributed by atoms with Crippen molar-refractivity contribution in [1.82, 2.24) is 4.90 Å². The van der Waals surface area contributed by atoms with Crippen LogP contribution in [0.1, 0.15) is 22.3 Å². The average molecular weight is 250 g/mol. The number of nitrogen functional groups attached to an aromatic ring is 1. The second-order valence-electron chi connectivity index (χ2n) is 4.47. The van der Waals surface area contributed by atoms with Crippen molar-refractivity contribution in [3.05, 3.63) is 29.3 Å². The molecule has 2 rings (SSSR count). The number of benzene rings is 1. The Balaban J connectivity index is 2.21. The molecule has 3 nitrogen and oxygen atoms in total. The van der Waals surface area contributed by atoms with E-state index in [1.165, 1.54) is 0 Å². The molecule has 0 saturated carbocycles. The third-order valence-corrected chi connectivity index (χ3v) is 4.47. The molecule has 1 heterocycles. The first kappa shape index (κ1) is 12.3. The lowest BCUT2D eigenvalue weighted by atomic mass is 10.1. The van der Waals surface area contributed by atoms with Gasteiger partial charge in [0.25, 0.3) is 5.91 Å². The second-order valence-corrected chi connectivity index (χ2v) is 5.62. The van der Waals surface area contributed by atoms with Crippen LogP contribution in [0.4, 0.5) is 5.69 Å². The standard InChI is InChI=1S/C13H18N2OS/c1-9-4-3-5-11(12(9)14)13(16)15(2)10-6-7-17-8-10/h3-5,10H,6-8,14H2,1-2H3. The monoisotopic (exact) mass is 250 g/mol. The van der Waals surface area contributed by atoms with Crippen LogP contribution in [0.5, 0.6) is 0 Å². The number of para-hydroxylation sites is 1. The van der Waals surface area contributed by atoms with Crippen molar-refractivity contribution in [3.63, 3.8) is 0 Å². The third-order valence-electron chi connectivity index (χ3n) is 3.33. The van der Waals surface area contributed by atoms with Crippen LogP contribution < -0.4 is 5.73 Å². The molecule has 4 heteroatoms. The molecule has 0 spiro atoms. The summed E-state index contributed by atoms with van der Waals surface area (Å²) in [6, 6.07) is 5.98. The van der Waals surface area contributed by atoms with Crippen molar-refractivity contribution >= 4 is 23.4 Å². The SMILES string of the molecule is Cc1cccc(C(=O)N(C)C2CCSC2)c1N. The molecule has 1 aliphatic heterocycles. The average Bonchev–Trinajstić information content (AvgIpc) is 2.84. The van der Waals surface area contributed by atoms with Crippen molar-refractivity contribution in [2.45, 2.75) is 19.4 Å². The summed E-state index contributed by atoms with van der Waals surface area (Å²) in [4.78, 5) is 14.2. The maximum absolute atomic E-state index is 12.3. The van der Waals surface area contributed by atoms with Gasteiger partial charge in [-0.2, -0.15) is 11.8 Å². The summed E-state index contributed by atoms with van der Waals surface area (Å²) in [6.07, 6.45) is 1.08. The Bertz CT molecular complexity index is 427. The molecule has 0 aromatic heterocycles. The van der Waals surface area contributed by atoms with Crippen molar-refractivity contribution in [3.8, 4) is 0 Å². The predicted molar refractivity (Wildman–Crippen MR) is 73.4 cm³/mol. The van der Waals surface area contributed by atoms with Gasteiger partial charge in [-0.3, -0.25) is 4.79 Å². The zero-order valence-corrected chi connectivity index (χ0v) is 11.1. The van der Waals surface area contributed by atoms with E-state index in [9.17, 15) is 4.79 Å². The predicted octanol–water partition coefficient (Wildman–Crippen LogP) is 2.15. The minimum absolute atomic E-state index is 0.0405. The maximum atomic E-state index is 12.3. The first-order chi connectivity index (χ1) is 8.11. The van der Waals surface area contributed by atoms with Crippen LogP contribution in [0.2, 0.25) is 0 Å². The van der Waals surface area contributed by atoms with E-state index in [1.807, 2.05) is 48.8 Å². The molecule has 1 aliphatic rings. The van der Waals surface area contributed by atoms with Gasteiger partial charge in [0.1, 0.15) is 0 Å². The minimum Gasteiger partial charge on any atom is -0.398 e. The van der Waals surface area contributed by atoms with Crippen LogP contribution >= 0.6 is 11.8 Å². The summed E-state index contributed by atoms with van der Waals surface area (Å²) in [5, 5.41) is 0. The normalized spacial score (nSPS) is 19.3. The Kier molecular flexibility index (Phi) is 3.62. The van der Waals surface area contributed by atoms with E-state index in [1.54, 1.807) is 0 Å². The number of thioether (sulfide) groups is 1. The van der Waals surface area contributed by atoms with Gasteiger partial charge < -0.3 is 10.6 Å². The van der Waals surface area contributed by atoms with Crippen LogP contribution in [0.15, 0.2) is 18.2 Å². The summed E-state index contributed by atoms with van der Waals surface area (Å²) in [5.74, 6) is 2.22. The van der Waals surface area contributed by atoms with Crippen molar-refractivity contribution in [2.24, 2.45) is 0 Å². The largest absolute Gasteiger partial charge is 0.398 e. The van der Waals surface area contributed by atoms with E-state index in [0.717, 1.165) is 23.5 Å². The molecular weight excluding hydrogens is 232 g/mol. The van der Waals surface area contributed by atoms with Crippen LogP contribution in [-0.2, 0) is 0 Å². The zero-order chi connectivity index (χ0) is 12.4. The summed E-state index contributed by atoms with van der Waals surface area (Å²) in [5.41, 5.74) is 8.17. The van der Waals surface area contributed by atoms with Gasteiger partial charge in [0.15, 0.2) is 0 Å². The number of hydrogen-bond acceptors (Lipinski definition) is 3. The van der Waals surface area contributed by atoms with E-state index >= 15 is 0 Å². The molecule has 1 unspecified atom stereocenters. The fourth-order valence-corrected chi connectivity index (χ4v) is 3.32. The maximum Gasteiger partial charge on any atom is 0.255 e. The highest BCUT2D eigenvalue weighted by Gasteiger charge is 2.25. The molecule has 1 aromatic rings. The fraction of sp³-hybridized carbons (Fsp3) is 0.462. The van der Waals surface area contributed by atoms with Crippen molar-refractivity contribution in [1.29, 1.82) is 0 Å². The van der Waals surface area contributed by atoms with E-state index in [4.69, 9.17) is 5.73 Å². The molecule has 0 radical (unpaired) electrons. The molecule has 92 valence electrons. The molecule has 1 aromatic carbocycles. The highest BCUT2D eigenvalue weighted by atomic mass is 32.2. The number of hydrogen-bond donors (Lipinski definition) is 1. The molecule has 17 heavy (non-hydrogen) atoms. The van der Waals surface area contributed by atoms with E-state index < -0.39 is 0 Å². The number of nitrogens with zero attached hydrogens (tertiary/aromatic N) is 1. The highest BCUT2D eigenvalue weighted by molar-refractivity contribution is 7.99. The van der Waals surface area contributed by atoms with E-state index in [0.29, 0.717) is 17.3 Å². The van der Waals surface area contributed by atoms with Gasteiger partial charge in [-0.15, -0.1) is 0 Å². The summed E-state index contributed by atoms with van der Waals surface area (Å²) < 4.78 is 0. The zero-order valence-electron chi connectivity index (χ0n) is 10.3. The first-order valence-electron chi connectivity index (χ1n) is 5.81. The Morgan fingerprint density at radius 2 is 2.29 bits per heavy atom. The summed E-state index contributed by atoms with van der Waals surface area (Å²) in [6.45, 7) is 1.93. The van der Waals surface area contributed by atoms with E-state index in [-0.39, 0.29) is 5.91 Å². The molecule has 0 aliphatic carbocycles. The third kappa shape index (κ3) is 2.41. The van der Waals surface area contributed by atoms with Gasteiger partial charge in [-0.1, -0.05) is 12.1 Å². The Morgan fingerprint density at radius 1 is 1.53 bits per heavy atom. The molecule has 1 fully saturated rings. The van der Waals surface area contributed by atoms with Gasteiger partial charge in [0.2, 0.25) is 0 Å². The van der Waals surface area contributed by atoms with Crippen LogP contribution in [-0.4, -0.2) is 35.4 Å². The minimum atomic E-state index is 0.0405. The van der Waals surface area contributed by atoms with Gasteiger partial charge in [-0.05, 0) is 30.7 Å². The lowest BCUT2D eigenvalue weighted by molar-refractivity contribution is 0.0749.